The molecule has 0 saturated heterocycles. The first-order valence-electron chi connectivity index (χ1n) is 5.24. The van der Waals surface area contributed by atoms with Gasteiger partial charge in [-0.2, -0.15) is 0 Å². The minimum absolute atomic E-state index is 0.0220. The molecule has 0 fully saturated rings. The average Bonchev–Trinajstić information content (AvgIpc) is 2.28. The van der Waals surface area contributed by atoms with Crippen molar-refractivity contribution < 1.29 is 4.79 Å². The summed E-state index contributed by atoms with van der Waals surface area (Å²) in [6.45, 7) is 3.44. The van der Waals surface area contributed by atoms with Crippen molar-refractivity contribution in [2.75, 3.05) is 30.9 Å². The van der Waals surface area contributed by atoms with Crippen molar-refractivity contribution >= 4 is 23.2 Å². The average molecular weight is 241 g/mol. The monoisotopic (exact) mass is 240 g/mol. The van der Waals surface area contributed by atoms with Crippen LogP contribution in [0.25, 0.3) is 0 Å². The molecule has 88 valence electrons. The molecule has 0 spiro atoms. The fourth-order valence-corrected chi connectivity index (χ4v) is 1.50. The van der Waals surface area contributed by atoms with E-state index in [2.05, 4.69) is 35.3 Å². The first-order chi connectivity index (χ1) is 7.63. The number of rotatable bonds is 5. The van der Waals surface area contributed by atoms with Gasteiger partial charge < -0.3 is 10.2 Å². The zero-order valence-electron chi connectivity index (χ0n) is 9.66. The fraction of sp³-hybridized carbons (Fsp3) is 0.417. The second kappa shape index (κ2) is 6.38. The van der Waals surface area contributed by atoms with E-state index in [9.17, 15) is 4.79 Å². The molecule has 3 nitrogen and oxygen atoms in total. The summed E-state index contributed by atoms with van der Waals surface area (Å²) in [4.78, 5) is 13.0. The third-order valence-corrected chi connectivity index (χ3v) is 2.58. The Hall–Kier alpha value is -1.22. The summed E-state index contributed by atoms with van der Waals surface area (Å²) >= 11 is 5.38. The molecule has 0 atom stereocenters. The summed E-state index contributed by atoms with van der Waals surface area (Å²) in [7, 11) is 2.00. The summed E-state index contributed by atoms with van der Waals surface area (Å²) in [5, 5.41) is 2.74. The lowest BCUT2D eigenvalue weighted by Crippen LogP contribution is -2.33. The highest BCUT2D eigenvalue weighted by Gasteiger charge is 2.02. The number of carbonyl (C=O) groups is 1. The number of alkyl halides is 1. The fourth-order valence-electron chi connectivity index (χ4n) is 1.40. The number of benzene rings is 1. The van der Waals surface area contributed by atoms with Gasteiger partial charge in [-0.3, -0.25) is 4.79 Å². The number of carbonyl (C=O) groups excluding carboxylic acids is 1. The highest BCUT2D eigenvalue weighted by molar-refractivity contribution is 6.27. The van der Waals surface area contributed by atoms with Crippen LogP contribution < -0.4 is 10.2 Å². The van der Waals surface area contributed by atoms with Crippen LogP contribution >= 0.6 is 11.6 Å². The molecule has 1 amide bonds. The van der Waals surface area contributed by atoms with E-state index in [4.69, 9.17) is 11.6 Å². The number of hydrogen-bond donors (Lipinski definition) is 1. The van der Waals surface area contributed by atoms with Gasteiger partial charge in [-0.25, -0.2) is 0 Å². The van der Waals surface area contributed by atoms with Crippen LogP contribution in [0.15, 0.2) is 24.3 Å². The van der Waals surface area contributed by atoms with Gasteiger partial charge in [0.25, 0.3) is 0 Å². The van der Waals surface area contributed by atoms with Gasteiger partial charge in [-0.1, -0.05) is 12.1 Å². The number of nitrogens with one attached hydrogen (secondary N) is 1. The van der Waals surface area contributed by atoms with E-state index < -0.39 is 0 Å². The number of nitrogens with zero attached hydrogens (tertiary/aromatic N) is 1. The molecule has 0 aliphatic heterocycles. The van der Waals surface area contributed by atoms with E-state index in [0.717, 1.165) is 12.2 Å². The van der Waals surface area contributed by atoms with E-state index >= 15 is 0 Å². The maximum absolute atomic E-state index is 10.9. The Kier molecular flexibility index (Phi) is 5.12. The van der Waals surface area contributed by atoms with Gasteiger partial charge in [-0.15, -0.1) is 11.6 Å². The van der Waals surface area contributed by atoms with Crippen molar-refractivity contribution in [3.63, 3.8) is 0 Å². The lowest BCUT2D eigenvalue weighted by atomic mass is 10.2. The summed E-state index contributed by atoms with van der Waals surface area (Å²) in [5.41, 5.74) is 2.38. The summed E-state index contributed by atoms with van der Waals surface area (Å²) in [5.74, 6) is -0.104. The van der Waals surface area contributed by atoms with E-state index in [0.29, 0.717) is 6.54 Å². The van der Waals surface area contributed by atoms with Crippen molar-refractivity contribution in [1.29, 1.82) is 0 Å². The largest absolute Gasteiger partial charge is 0.373 e. The van der Waals surface area contributed by atoms with Crippen LogP contribution in [-0.4, -0.2) is 31.9 Å². The van der Waals surface area contributed by atoms with Crippen LogP contribution in [0.5, 0.6) is 0 Å². The van der Waals surface area contributed by atoms with Crippen LogP contribution in [0.2, 0.25) is 0 Å². The van der Waals surface area contributed by atoms with Gasteiger partial charge in [0.2, 0.25) is 5.91 Å². The molecule has 1 N–H and O–H groups in total. The Bertz CT molecular complexity index is 355. The number of amides is 1. The Balaban J connectivity index is 2.40. The van der Waals surface area contributed by atoms with Gasteiger partial charge in [0.1, 0.15) is 5.88 Å². The number of hydrogen-bond acceptors (Lipinski definition) is 2. The predicted molar refractivity (Wildman–Crippen MR) is 68.2 cm³/mol. The number of halogens is 1. The highest BCUT2D eigenvalue weighted by Crippen LogP contribution is 2.13. The normalized spacial score (nSPS) is 9.94. The molecule has 0 bridgehead atoms. The molecule has 0 saturated carbocycles. The quantitative estimate of drug-likeness (QED) is 0.796. The number of likely N-dealkylation sites (N-methyl/N-ethyl adjacent to an activating group) is 1. The van der Waals surface area contributed by atoms with Crippen molar-refractivity contribution in [3.8, 4) is 0 Å². The third kappa shape index (κ3) is 4.11. The topological polar surface area (TPSA) is 32.3 Å². The molecule has 0 heterocycles. The molecule has 0 aromatic heterocycles. The lowest BCUT2D eigenvalue weighted by molar-refractivity contribution is -0.118. The zero-order chi connectivity index (χ0) is 12.0. The first-order valence-corrected chi connectivity index (χ1v) is 5.77. The predicted octanol–water partition coefficient (Wildman–Crippen LogP) is 1.79. The van der Waals surface area contributed by atoms with Crippen molar-refractivity contribution in [2.24, 2.45) is 0 Å². The minimum atomic E-state index is -0.126. The van der Waals surface area contributed by atoms with Crippen LogP contribution in [0.4, 0.5) is 5.69 Å². The van der Waals surface area contributed by atoms with Gasteiger partial charge in [0.15, 0.2) is 0 Å². The highest BCUT2D eigenvalue weighted by atomic mass is 35.5. The summed E-state index contributed by atoms with van der Waals surface area (Å²) in [6, 6.07) is 8.25. The Labute approximate surface area is 101 Å². The van der Waals surface area contributed by atoms with Gasteiger partial charge in [0.05, 0.1) is 0 Å². The molecule has 0 radical (unpaired) electrons. The Morgan fingerprint density at radius 2 is 2.25 bits per heavy atom. The zero-order valence-corrected chi connectivity index (χ0v) is 10.4. The van der Waals surface area contributed by atoms with Gasteiger partial charge >= 0.3 is 0 Å². The molecule has 16 heavy (non-hydrogen) atoms. The molecule has 1 aromatic rings. The Morgan fingerprint density at radius 3 is 2.88 bits per heavy atom. The van der Waals surface area contributed by atoms with E-state index in [-0.39, 0.29) is 11.8 Å². The summed E-state index contributed by atoms with van der Waals surface area (Å²) < 4.78 is 0. The summed E-state index contributed by atoms with van der Waals surface area (Å²) in [6.07, 6.45) is 0. The first kappa shape index (κ1) is 12.8. The lowest BCUT2D eigenvalue weighted by Gasteiger charge is -2.19. The Morgan fingerprint density at radius 1 is 1.50 bits per heavy atom. The maximum atomic E-state index is 10.9. The van der Waals surface area contributed by atoms with Crippen LogP contribution in [0.3, 0.4) is 0 Å². The SMILES string of the molecule is Cc1cccc(N(C)CCNC(=O)CCl)c1. The number of anilines is 1. The van der Waals surface area contributed by atoms with Crippen LogP contribution in [-0.2, 0) is 4.79 Å². The molecular weight excluding hydrogens is 224 g/mol. The second-order valence-electron chi connectivity index (χ2n) is 3.74. The smallest absolute Gasteiger partial charge is 0.234 e. The van der Waals surface area contributed by atoms with Gasteiger partial charge in [-0.05, 0) is 24.6 Å². The molecule has 0 unspecified atom stereocenters. The van der Waals surface area contributed by atoms with E-state index in [1.807, 2.05) is 13.1 Å². The number of aryl methyl sites for hydroxylation is 1. The van der Waals surface area contributed by atoms with Crippen molar-refractivity contribution in [2.45, 2.75) is 6.92 Å². The van der Waals surface area contributed by atoms with Crippen molar-refractivity contribution in [1.82, 2.24) is 5.32 Å². The van der Waals surface area contributed by atoms with E-state index in [1.165, 1.54) is 5.56 Å². The van der Waals surface area contributed by atoms with Crippen LogP contribution in [0, 0.1) is 6.92 Å². The third-order valence-electron chi connectivity index (χ3n) is 2.33. The van der Waals surface area contributed by atoms with Gasteiger partial charge in [0, 0.05) is 25.8 Å². The molecule has 0 aliphatic carbocycles. The van der Waals surface area contributed by atoms with E-state index in [1.54, 1.807) is 0 Å². The minimum Gasteiger partial charge on any atom is -0.373 e. The second-order valence-corrected chi connectivity index (χ2v) is 4.01. The molecular formula is C12H17ClN2O. The molecule has 4 heteroatoms. The molecule has 0 aliphatic rings. The van der Waals surface area contributed by atoms with Crippen LogP contribution in [0.1, 0.15) is 5.56 Å². The molecule has 1 rings (SSSR count). The standard InChI is InChI=1S/C12H17ClN2O/c1-10-4-3-5-11(8-10)15(2)7-6-14-12(16)9-13/h3-5,8H,6-7,9H2,1-2H3,(H,14,16). The van der Waals surface area contributed by atoms with Crippen molar-refractivity contribution in [3.05, 3.63) is 29.8 Å². The molecule has 1 aromatic carbocycles. The maximum Gasteiger partial charge on any atom is 0.234 e.